The summed E-state index contributed by atoms with van der Waals surface area (Å²) in [6, 6.07) is 3.11. The van der Waals surface area contributed by atoms with E-state index in [1.807, 2.05) is 0 Å². The Bertz CT molecular complexity index is 1520. The smallest absolute Gasteiger partial charge is 0.340 e. The number of rotatable bonds is 8. The van der Waals surface area contributed by atoms with Crippen LogP contribution in [0.2, 0.25) is 5.15 Å². The van der Waals surface area contributed by atoms with E-state index in [2.05, 4.69) is 15.4 Å². The molecule has 18 heteroatoms. The highest BCUT2D eigenvalue weighted by molar-refractivity contribution is 7.70. The number of aromatic nitrogens is 3. The Morgan fingerprint density at radius 3 is 2.64 bits per heavy atom. The van der Waals surface area contributed by atoms with Gasteiger partial charge in [-0.05, 0) is 30.5 Å². The van der Waals surface area contributed by atoms with Gasteiger partial charge in [0.1, 0.15) is 35.1 Å². The monoisotopic (exact) mass is 610 g/mol. The summed E-state index contributed by atoms with van der Waals surface area (Å²) in [5.74, 6) is -2.77. The van der Waals surface area contributed by atoms with E-state index in [1.54, 1.807) is 0 Å². The Morgan fingerprint density at radius 1 is 1.18 bits per heavy atom. The van der Waals surface area contributed by atoms with Crippen LogP contribution in [0.15, 0.2) is 24.4 Å². The first-order chi connectivity index (χ1) is 18.2. The van der Waals surface area contributed by atoms with E-state index < -0.39 is 69.9 Å². The standard InChI is InChI=1S/C21H23ClF2N4O9P2/c22-16-5-14(26-13-2-1-9-3-10(23)4-12(24)17(9)13)11-6-25-28(20(11)27-16)21-19(30)18(29)15(37-21)7-36-39(34,35)8-38(31,32)33/h3-6,13,15,18-19,21,29-30H,1-2,7-8H2,(H,26,27)(H,34,35)(H2,31,32,33)/t13-,15-,18-,19-,21-/m1/s1. The van der Waals surface area contributed by atoms with E-state index in [0.717, 1.165) is 10.7 Å². The molecule has 212 valence electrons. The minimum Gasteiger partial charge on any atom is -0.387 e. The van der Waals surface area contributed by atoms with Gasteiger partial charge in [0.15, 0.2) is 17.8 Å². The largest absolute Gasteiger partial charge is 0.387 e. The first-order valence-electron chi connectivity index (χ1n) is 11.5. The SMILES string of the molecule is O=P(O)(O)CP(=O)(O)OC[C@H]1O[C@@H](n2ncc3c(N[C@@H]4CCc5cc(F)cc(F)c54)cc(Cl)nc32)[C@H](O)[C@@H]1O. The van der Waals surface area contributed by atoms with Crippen molar-refractivity contribution in [3.63, 3.8) is 0 Å². The molecule has 0 spiro atoms. The summed E-state index contributed by atoms with van der Waals surface area (Å²) in [5, 5.41) is 28.8. The van der Waals surface area contributed by atoms with Gasteiger partial charge in [0.25, 0.3) is 0 Å². The Morgan fingerprint density at radius 2 is 1.92 bits per heavy atom. The van der Waals surface area contributed by atoms with Gasteiger partial charge in [0.05, 0.1) is 29.9 Å². The van der Waals surface area contributed by atoms with Crippen LogP contribution in [-0.4, -0.2) is 70.5 Å². The van der Waals surface area contributed by atoms with Crippen LogP contribution in [0.5, 0.6) is 0 Å². The number of pyridine rings is 1. The summed E-state index contributed by atoms with van der Waals surface area (Å²) in [6.07, 6.45) is -3.62. The molecule has 0 radical (unpaired) electrons. The average Bonchev–Trinajstić information content (AvgIpc) is 3.48. The second kappa shape index (κ2) is 10.4. The van der Waals surface area contributed by atoms with Gasteiger partial charge in [0, 0.05) is 11.6 Å². The van der Waals surface area contributed by atoms with Crippen molar-refractivity contribution >= 4 is 43.5 Å². The average molecular weight is 611 g/mol. The van der Waals surface area contributed by atoms with E-state index >= 15 is 0 Å². The number of nitrogens with zero attached hydrogens (tertiary/aromatic N) is 3. The molecule has 1 unspecified atom stereocenters. The molecule has 1 saturated heterocycles. The van der Waals surface area contributed by atoms with Crippen molar-refractivity contribution in [1.82, 2.24) is 14.8 Å². The third-order valence-corrected chi connectivity index (χ3v) is 10.1. The van der Waals surface area contributed by atoms with Crippen LogP contribution < -0.4 is 5.32 Å². The molecule has 1 fully saturated rings. The normalized spacial score (nSPS) is 26.6. The van der Waals surface area contributed by atoms with Crippen LogP contribution in [0.3, 0.4) is 0 Å². The van der Waals surface area contributed by atoms with Crippen LogP contribution >= 0.6 is 26.8 Å². The molecule has 13 nitrogen and oxygen atoms in total. The summed E-state index contributed by atoms with van der Waals surface area (Å²) in [5.41, 5.74) is 1.43. The van der Waals surface area contributed by atoms with Crippen molar-refractivity contribution in [1.29, 1.82) is 0 Å². The maximum atomic E-state index is 14.6. The zero-order valence-corrected chi connectivity index (χ0v) is 22.3. The lowest BCUT2D eigenvalue weighted by Gasteiger charge is -2.19. The zero-order valence-electron chi connectivity index (χ0n) is 19.8. The number of benzene rings is 1. The lowest BCUT2D eigenvalue weighted by Crippen LogP contribution is -2.33. The minimum atomic E-state index is -4.87. The molecule has 1 aliphatic carbocycles. The van der Waals surface area contributed by atoms with Crippen molar-refractivity contribution in [3.05, 3.63) is 52.3 Å². The molecule has 6 N–H and O–H groups in total. The third kappa shape index (κ3) is 5.89. The minimum absolute atomic E-state index is 0.0103. The van der Waals surface area contributed by atoms with Gasteiger partial charge in [-0.25, -0.2) is 18.4 Å². The van der Waals surface area contributed by atoms with Gasteiger partial charge in [-0.2, -0.15) is 5.10 Å². The van der Waals surface area contributed by atoms with Crippen LogP contribution in [0.25, 0.3) is 11.0 Å². The highest BCUT2D eigenvalue weighted by Gasteiger charge is 2.46. The van der Waals surface area contributed by atoms with Gasteiger partial charge in [0.2, 0.25) is 0 Å². The molecule has 2 aliphatic rings. The third-order valence-electron chi connectivity index (χ3n) is 6.48. The number of halogens is 3. The van der Waals surface area contributed by atoms with Gasteiger partial charge in [-0.1, -0.05) is 11.6 Å². The highest BCUT2D eigenvalue weighted by Crippen LogP contribution is 2.55. The summed E-state index contributed by atoms with van der Waals surface area (Å²) in [4.78, 5) is 31.7. The molecular formula is C21H23ClF2N4O9P2. The van der Waals surface area contributed by atoms with Crippen LogP contribution in [0.1, 0.15) is 29.8 Å². The fourth-order valence-electron chi connectivity index (χ4n) is 4.84. The number of aliphatic hydroxyl groups is 2. The number of ether oxygens (including phenoxy) is 1. The maximum absolute atomic E-state index is 14.6. The predicted molar refractivity (Wildman–Crippen MR) is 132 cm³/mol. The zero-order chi connectivity index (χ0) is 28.3. The lowest BCUT2D eigenvalue weighted by atomic mass is 10.1. The van der Waals surface area contributed by atoms with E-state index in [-0.39, 0.29) is 10.8 Å². The lowest BCUT2D eigenvalue weighted by molar-refractivity contribution is -0.0541. The first kappa shape index (κ1) is 28.5. The Kier molecular flexibility index (Phi) is 7.61. The summed E-state index contributed by atoms with van der Waals surface area (Å²) in [7, 11) is -9.60. The van der Waals surface area contributed by atoms with Gasteiger partial charge >= 0.3 is 15.2 Å². The number of hydrogen-bond donors (Lipinski definition) is 6. The topological polar surface area (TPSA) is 196 Å². The fraction of sp³-hybridized carbons (Fsp3) is 0.429. The molecular weight excluding hydrogens is 588 g/mol. The van der Waals surface area contributed by atoms with Crippen molar-refractivity contribution in [2.75, 3.05) is 17.8 Å². The molecule has 1 aromatic carbocycles. The van der Waals surface area contributed by atoms with Crippen LogP contribution in [0, 0.1) is 11.6 Å². The molecule has 0 amide bonds. The molecule has 3 heterocycles. The number of aryl methyl sites for hydroxylation is 1. The molecule has 1 aliphatic heterocycles. The second-order valence-electron chi connectivity index (χ2n) is 9.30. The van der Waals surface area contributed by atoms with Gasteiger partial charge in [-0.3, -0.25) is 9.13 Å². The Hall–Kier alpha value is -2.03. The van der Waals surface area contributed by atoms with Crippen molar-refractivity contribution in [3.8, 4) is 0 Å². The van der Waals surface area contributed by atoms with E-state index in [9.17, 15) is 33.0 Å². The highest BCUT2D eigenvalue weighted by atomic mass is 35.5. The van der Waals surface area contributed by atoms with Crippen molar-refractivity contribution in [2.24, 2.45) is 0 Å². The molecule has 6 atom stereocenters. The number of aliphatic hydroxyl groups excluding tert-OH is 2. The Labute approximate surface area is 224 Å². The summed E-state index contributed by atoms with van der Waals surface area (Å²) in [6.45, 7) is -0.768. The maximum Gasteiger partial charge on any atom is 0.340 e. The molecule has 3 aromatic rings. The van der Waals surface area contributed by atoms with E-state index in [4.69, 9.17) is 30.6 Å². The predicted octanol–water partition coefficient (Wildman–Crippen LogP) is 2.42. The first-order valence-corrected chi connectivity index (χ1v) is 15.5. The quantitative estimate of drug-likeness (QED) is 0.161. The number of hydrogen-bond acceptors (Lipinski definition) is 9. The summed E-state index contributed by atoms with van der Waals surface area (Å²) >= 11 is 6.23. The molecule has 2 aromatic heterocycles. The Balaban J connectivity index is 1.38. The van der Waals surface area contributed by atoms with E-state index in [1.165, 1.54) is 18.3 Å². The summed E-state index contributed by atoms with van der Waals surface area (Å²) < 4.78 is 62.6. The van der Waals surface area contributed by atoms with Crippen LogP contribution in [0.4, 0.5) is 14.5 Å². The van der Waals surface area contributed by atoms with Gasteiger partial charge in [-0.15, -0.1) is 0 Å². The van der Waals surface area contributed by atoms with Crippen molar-refractivity contribution < 1.29 is 52.1 Å². The molecule has 39 heavy (non-hydrogen) atoms. The second-order valence-corrected chi connectivity index (χ2v) is 13.7. The molecule has 5 rings (SSSR count). The number of nitrogens with one attached hydrogen (secondary N) is 1. The molecule has 0 saturated carbocycles. The fourth-order valence-corrected chi connectivity index (χ4v) is 7.60. The van der Waals surface area contributed by atoms with E-state index in [0.29, 0.717) is 35.0 Å². The van der Waals surface area contributed by atoms with Crippen molar-refractivity contribution in [2.45, 2.75) is 43.4 Å². The number of anilines is 1. The number of fused-ring (bicyclic) bond motifs is 2. The molecule has 0 bridgehead atoms. The van der Waals surface area contributed by atoms with Crippen LogP contribution in [-0.2, 0) is 24.8 Å². The van der Waals surface area contributed by atoms with Gasteiger partial charge < -0.3 is 39.5 Å².